The lowest BCUT2D eigenvalue weighted by atomic mass is 10.4. The summed E-state index contributed by atoms with van der Waals surface area (Å²) in [5, 5.41) is 6.21. The van der Waals surface area contributed by atoms with Crippen molar-refractivity contribution in [1.82, 2.24) is 14.7 Å². The fourth-order valence-corrected chi connectivity index (χ4v) is 3.04. The fraction of sp³-hybridized carbons (Fsp3) is 0.333. The predicted octanol–water partition coefficient (Wildman–Crippen LogP) is 1.61. The van der Waals surface area contributed by atoms with Crippen molar-refractivity contribution in [3.63, 3.8) is 0 Å². The summed E-state index contributed by atoms with van der Waals surface area (Å²) in [6.45, 7) is 5.25. The number of aromatic nitrogens is 2. The number of sulfonamides is 1. The second kappa shape index (κ2) is 7.89. The average molecular weight is 335 g/mol. The standard InChI is InChI=1S/C15H21N5O2S/c1-3-16-14-11-15(20-12(2)19-14)17-9-10-18-23(21,22)13-7-5-4-6-8-13/h4-8,11,18H,3,9-10H2,1-2H3,(H2,16,17,19,20). The molecule has 0 saturated carbocycles. The van der Waals surface area contributed by atoms with Gasteiger partial charge in [-0.25, -0.2) is 23.1 Å². The number of aryl methyl sites for hydroxylation is 1. The van der Waals surface area contributed by atoms with Crippen molar-refractivity contribution in [3.05, 3.63) is 42.2 Å². The van der Waals surface area contributed by atoms with Crippen LogP contribution in [0.5, 0.6) is 0 Å². The van der Waals surface area contributed by atoms with E-state index in [4.69, 9.17) is 0 Å². The number of nitrogens with zero attached hydrogens (tertiary/aromatic N) is 2. The zero-order valence-corrected chi connectivity index (χ0v) is 14.0. The molecule has 1 heterocycles. The summed E-state index contributed by atoms with van der Waals surface area (Å²) >= 11 is 0. The maximum atomic E-state index is 12.1. The van der Waals surface area contributed by atoms with E-state index < -0.39 is 10.0 Å². The third-order valence-electron chi connectivity index (χ3n) is 2.97. The number of hydrogen-bond donors (Lipinski definition) is 3. The number of rotatable bonds is 8. The Kier molecular flexibility index (Phi) is 5.89. The highest BCUT2D eigenvalue weighted by Crippen LogP contribution is 2.10. The molecule has 2 rings (SSSR count). The van der Waals surface area contributed by atoms with Gasteiger partial charge in [0.05, 0.1) is 4.90 Å². The Labute approximate surface area is 136 Å². The Bertz CT molecular complexity index is 735. The zero-order valence-electron chi connectivity index (χ0n) is 13.2. The fourth-order valence-electron chi connectivity index (χ4n) is 1.99. The highest BCUT2D eigenvalue weighted by Gasteiger charge is 2.12. The second-order valence-corrected chi connectivity index (χ2v) is 6.62. The van der Waals surface area contributed by atoms with Crippen molar-refractivity contribution >= 4 is 21.7 Å². The second-order valence-electron chi connectivity index (χ2n) is 4.85. The van der Waals surface area contributed by atoms with E-state index in [-0.39, 0.29) is 11.4 Å². The third kappa shape index (κ3) is 5.19. The van der Waals surface area contributed by atoms with Gasteiger partial charge in [0.15, 0.2) is 0 Å². The van der Waals surface area contributed by atoms with E-state index in [2.05, 4.69) is 25.3 Å². The van der Waals surface area contributed by atoms with Crippen LogP contribution in [0.15, 0.2) is 41.3 Å². The van der Waals surface area contributed by atoms with Gasteiger partial charge in [-0.1, -0.05) is 18.2 Å². The molecule has 0 aliphatic heterocycles. The van der Waals surface area contributed by atoms with Crippen molar-refractivity contribution < 1.29 is 8.42 Å². The van der Waals surface area contributed by atoms with Gasteiger partial charge in [0.1, 0.15) is 17.5 Å². The van der Waals surface area contributed by atoms with Crippen LogP contribution < -0.4 is 15.4 Å². The molecule has 0 bridgehead atoms. The zero-order chi connectivity index (χ0) is 16.7. The molecule has 0 spiro atoms. The van der Waals surface area contributed by atoms with Gasteiger partial charge in [0, 0.05) is 25.7 Å². The molecule has 0 aliphatic rings. The minimum atomic E-state index is -3.47. The summed E-state index contributed by atoms with van der Waals surface area (Å²) in [6.07, 6.45) is 0. The van der Waals surface area contributed by atoms with Crippen LogP contribution in [0, 0.1) is 6.92 Å². The van der Waals surface area contributed by atoms with Gasteiger partial charge in [0.2, 0.25) is 10.0 Å². The van der Waals surface area contributed by atoms with Crippen molar-refractivity contribution in [2.45, 2.75) is 18.7 Å². The lowest BCUT2D eigenvalue weighted by molar-refractivity contribution is 0.583. The molecule has 7 nitrogen and oxygen atoms in total. The number of benzene rings is 1. The summed E-state index contributed by atoms with van der Waals surface area (Å²) < 4.78 is 26.7. The van der Waals surface area contributed by atoms with Crippen LogP contribution in [0.1, 0.15) is 12.7 Å². The van der Waals surface area contributed by atoms with Crippen LogP contribution in [0.4, 0.5) is 11.6 Å². The van der Waals surface area contributed by atoms with E-state index in [0.29, 0.717) is 18.2 Å². The first kappa shape index (κ1) is 17.2. The predicted molar refractivity (Wildman–Crippen MR) is 91.1 cm³/mol. The summed E-state index contributed by atoms with van der Waals surface area (Å²) in [7, 11) is -3.47. The minimum Gasteiger partial charge on any atom is -0.370 e. The summed E-state index contributed by atoms with van der Waals surface area (Å²) in [6, 6.07) is 10.1. The molecule has 8 heteroatoms. The number of nitrogens with one attached hydrogen (secondary N) is 3. The van der Waals surface area contributed by atoms with E-state index in [1.807, 2.05) is 13.8 Å². The summed E-state index contributed by atoms with van der Waals surface area (Å²) in [5.41, 5.74) is 0. The van der Waals surface area contributed by atoms with Crippen molar-refractivity contribution in [3.8, 4) is 0 Å². The highest BCUT2D eigenvalue weighted by molar-refractivity contribution is 7.89. The van der Waals surface area contributed by atoms with E-state index in [9.17, 15) is 8.42 Å². The van der Waals surface area contributed by atoms with E-state index in [1.165, 1.54) is 0 Å². The maximum absolute atomic E-state index is 12.1. The quantitative estimate of drug-likeness (QED) is 0.634. The van der Waals surface area contributed by atoms with Gasteiger partial charge in [-0.3, -0.25) is 0 Å². The Balaban J connectivity index is 1.88. The van der Waals surface area contributed by atoms with Gasteiger partial charge < -0.3 is 10.6 Å². The molecular weight excluding hydrogens is 314 g/mol. The lowest BCUT2D eigenvalue weighted by Gasteiger charge is -2.10. The van der Waals surface area contributed by atoms with Crippen LogP contribution in [0.3, 0.4) is 0 Å². The van der Waals surface area contributed by atoms with Crippen LogP contribution in [0.25, 0.3) is 0 Å². The van der Waals surface area contributed by atoms with Gasteiger partial charge in [-0.05, 0) is 26.0 Å². The first-order valence-corrected chi connectivity index (χ1v) is 8.87. The van der Waals surface area contributed by atoms with Crippen molar-refractivity contribution in [1.29, 1.82) is 0 Å². The van der Waals surface area contributed by atoms with Crippen LogP contribution in [-0.2, 0) is 10.0 Å². The highest BCUT2D eigenvalue weighted by atomic mass is 32.2. The van der Waals surface area contributed by atoms with Crippen LogP contribution in [-0.4, -0.2) is 38.0 Å². The Morgan fingerprint density at radius 1 is 1.00 bits per heavy atom. The molecule has 0 fully saturated rings. The van der Waals surface area contributed by atoms with Crippen molar-refractivity contribution in [2.24, 2.45) is 0 Å². The van der Waals surface area contributed by atoms with Gasteiger partial charge in [-0.15, -0.1) is 0 Å². The molecule has 0 unspecified atom stereocenters. The Morgan fingerprint density at radius 3 is 2.30 bits per heavy atom. The molecule has 3 N–H and O–H groups in total. The molecule has 1 aromatic carbocycles. The van der Waals surface area contributed by atoms with Gasteiger partial charge in [0.25, 0.3) is 0 Å². The molecule has 0 radical (unpaired) electrons. The Hall–Kier alpha value is -2.19. The number of anilines is 2. The summed E-state index contributed by atoms with van der Waals surface area (Å²) in [4.78, 5) is 8.78. The third-order valence-corrected chi connectivity index (χ3v) is 4.45. The lowest BCUT2D eigenvalue weighted by Crippen LogP contribution is -2.29. The largest absolute Gasteiger partial charge is 0.370 e. The first-order chi connectivity index (χ1) is 11.0. The van der Waals surface area contributed by atoms with Crippen LogP contribution in [0.2, 0.25) is 0 Å². The normalized spacial score (nSPS) is 11.2. The molecule has 23 heavy (non-hydrogen) atoms. The van der Waals surface area contributed by atoms with Gasteiger partial charge in [-0.2, -0.15) is 0 Å². The summed E-state index contributed by atoms with van der Waals surface area (Å²) in [5.74, 6) is 2.05. The molecule has 124 valence electrons. The van der Waals surface area contributed by atoms with E-state index >= 15 is 0 Å². The monoisotopic (exact) mass is 335 g/mol. The van der Waals surface area contributed by atoms with E-state index in [1.54, 1.807) is 36.4 Å². The molecule has 0 saturated heterocycles. The SMILES string of the molecule is CCNc1cc(NCCNS(=O)(=O)c2ccccc2)nc(C)n1. The van der Waals surface area contributed by atoms with E-state index in [0.717, 1.165) is 12.4 Å². The van der Waals surface area contributed by atoms with Crippen LogP contribution >= 0.6 is 0 Å². The molecule has 0 amide bonds. The molecular formula is C15H21N5O2S. The topological polar surface area (TPSA) is 96.0 Å². The molecule has 0 atom stereocenters. The molecule has 0 aliphatic carbocycles. The average Bonchev–Trinajstić information content (AvgIpc) is 2.52. The first-order valence-electron chi connectivity index (χ1n) is 7.39. The number of hydrogen-bond acceptors (Lipinski definition) is 6. The molecule has 1 aromatic heterocycles. The maximum Gasteiger partial charge on any atom is 0.240 e. The van der Waals surface area contributed by atoms with Gasteiger partial charge >= 0.3 is 0 Å². The smallest absolute Gasteiger partial charge is 0.240 e. The minimum absolute atomic E-state index is 0.257. The van der Waals surface area contributed by atoms with Crippen molar-refractivity contribution in [2.75, 3.05) is 30.3 Å². The molecule has 2 aromatic rings. The Morgan fingerprint density at radius 2 is 1.65 bits per heavy atom.